The lowest BCUT2D eigenvalue weighted by molar-refractivity contribution is -0.127. The van der Waals surface area contributed by atoms with Crippen LogP contribution in [0.1, 0.15) is 26.3 Å². The van der Waals surface area contributed by atoms with E-state index >= 15 is 0 Å². The van der Waals surface area contributed by atoms with Crippen LogP contribution >= 0.6 is 0 Å². The van der Waals surface area contributed by atoms with Crippen molar-refractivity contribution >= 4 is 15.9 Å². The van der Waals surface area contributed by atoms with Gasteiger partial charge in [-0.15, -0.1) is 0 Å². The molecule has 0 saturated carbocycles. The van der Waals surface area contributed by atoms with Crippen molar-refractivity contribution in [3.05, 3.63) is 48.0 Å². The van der Waals surface area contributed by atoms with Gasteiger partial charge >= 0.3 is 0 Å². The first-order valence-corrected chi connectivity index (χ1v) is 11.4. The van der Waals surface area contributed by atoms with E-state index in [-0.39, 0.29) is 23.4 Å². The van der Waals surface area contributed by atoms with Crippen molar-refractivity contribution in [2.24, 2.45) is 0 Å². The Labute approximate surface area is 184 Å². The smallest absolute Gasteiger partial charge is 0.260 e. The van der Waals surface area contributed by atoms with Gasteiger partial charge in [0.25, 0.3) is 5.91 Å². The molecule has 1 amide bonds. The van der Waals surface area contributed by atoms with Gasteiger partial charge in [0.1, 0.15) is 5.75 Å². The second-order valence-corrected chi connectivity index (χ2v) is 9.00. The number of hydrogen-bond donors (Lipinski definition) is 2. The van der Waals surface area contributed by atoms with E-state index in [1.165, 1.54) is 24.3 Å². The Hall–Kier alpha value is -2.78. The summed E-state index contributed by atoms with van der Waals surface area (Å²) < 4.78 is 43.7. The van der Waals surface area contributed by atoms with E-state index in [0.29, 0.717) is 23.7 Å². The molecule has 0 spiro atoms. The second-order valence-electron chi connectivity index (χ2n) is 7.23. The van der Waals surface area contributed by atoms with Crippen LogP contribution in [0.25, 0.3) is 0 Å². The molecular formula is C22H30N2O6S. The molecule has 0 aliphatic carbocycles. The highest BCUT2D eigenvalue weighted by Crippen LogP contribution is 2.27. The molecule has 2 rings (SSSR count). The van der Waals surface area contributed by atoms with Gasteiger partial charge in [0.05, 0.1) is 19.1 Å². The Balaban J connectivity index is 1.94. The van der Waals surface area contributed by atoms with Crippen LogP contribution in [0.5, 0.6) is 17.2 Å². The molecule has 0 saturated heterocycles. The van der Waals surface area contributed by atoms with Crippen LogP contribution in [0, 0.1) is 0 Å². The van der Waals surface area contributed by atoms with E-state index in [4.69, 9.17) is 14.2 Å². The fourth-order valence-corrected chi connectivity index (χ4v) is 3.84. The van der Waals surface area contributed by atoms with E-state index in [1.807, 2.05) is 26.0 Å². The lowest BCUT2D eigenvalue weighted by Crippen LogP contribution is -2.40. The Morgan fingerprint density at radius 2 is 1.61 bits per heavy atom. The number of carbonyl (C=O) groups is 1. The maximum atomic E-state index is 12.5. The van der Waals surface area contributed by atoms with Crippen molar-refractivity contribution in [2.45, 2.75) is 44.2 Å². The van der Waals surface area contributed by atoms with Crippen LogP contribution in [0.2, 0.25) is 0 Å². The summed E-state index contributed by atoms with van der Waals surface area (Å²) in [5, 5.41) is 2.76. The molecule has 170 valence electrons. The van der Waals surface area contributed by atoms with Crippen molar-refractivity contribution < 1.29 is 27.4 Å². The Morgan fingerprint density at radius 1 is 0.968 bits per heavy atom. The summed E-state index contributed by atoms with van der Waals surface area (Å²) >= 11 is 0. The fourth-order valence-electron chi connectivity index (χ4n) is 2.81. The number of carbonyl (C=O) groups excluding carboxylic acids is 1. The molecule has 31 heavy (non-hydrogen) atoms. The minimum Gasteiger partial charge on any atom is -0.493 e. The van der Waals surface area contributed by atoms with Crippen molar-refractivity contribution in [3.8, 4) is 17.2 Å². The van der Waals surface area contributed by atoms with E-state index in [2.05, 4.69) is 10.0 Å². The summed E-state index contributed by atoms with van der Waals surface area (Å²) in [7, 11) is -0.568. The first-order chi connectivity index (χ1) is 14.7. The van der Waals surface area contributed by atoms with Crippen LogP contribution in [-0.4, -0.2) is 47.2 Å². The maximum absolute atomic E-state index is 12.5. The molecule has 0 unspecified atom stereocenters. The van der Waals surface area contributed by atoms with Gasteiger partial charge in [0, 0.05) is 12.6 Å². The third-order valence-corrected chi connectivity index (χ3v) is 5.88. The minimum absolute atomic E-state index is 0.0103. The molecule has 0 bridgehead atoms. The first-order valence-electron chi connectivity index (χ1n) is 9.94. The third kappa shape index (κ3) is 7.15. The van der Waals surface area contributed by atoms with Crippen LogP contribution in [0.4, 0.5) is 0 Å². The number of nitrogens with one attached hydrogen (secondary N) is 2. The number of ether oxygens (including phenoxy) is 3. The number of rotatable bonds is 11. The zero-order valence-electron chi connectivity index (χ0n) is 18.5. The molecule has 0 aliphatic rings. The number of amides is 1. The molecule has 2 aromatic rings. The summed E-state index contributed by atoms with van der Waals surface area (Å²) in [5.74, 6) is 1.39. The summed E-state index contributed by atoms with van der Waals surface area (Å²) in [4.78, 5) is 12.1. The van der Waals surface area contributed by atoms with Gasteiger partial charge in [-0.05, 0) is 69.2 Å². The van der Waals surface area contributed by atoms with E-state index in [9.17, 15) is 13.2 Å². The predicted molar refractivity (Wildman–Crippen MR) is 118 cm³/mol. The highest BCUT2D eigenvalue weighted by atomic mass is 32.2. The summed E-state index contributed by atoms with van der Waals surface area (Å²) in [6, 6.07) is 11.4. The van der Waals surface area contributed by atoms with Crippen molar-refractivity contribution in [1.82, 2.24) is 10.0 Å². The third-order valence-electron chi connectivity index (χ3n) is 4.40. The van der Waals surface area contributed by atoms with Crippen LogP contribution in [-0.2, 0) is 21.2 Å². The van der Waals surface area contributed by atoms with Crippen LogP contribution in [0.3, 0.4) is 0 Å². The van der Waals surface area contributed by atoms with E-state index in [0.717, 1.165) is 5.56 Å². The van der Waals surface area contributed by atoms with Crippen molar-refractivity contribution in [2.75, 3.05) is 20.8 Å². The number of sulfonamides is 1. The lowest BCUT2D eigenvalue weighted by atomic mass is 10.1. The molecule has 0 heterocycles. The van der Waals surface area contributed by atoms with Gasteiger partial charge in [-0.1, -0.05) is 6.07 Å². The minimum atomic E-state index is -3.68. The number of benzene rings is 2. The molecule has 0 aromatic heterocycles. The average molecular weight is 451 g/mol. The standard InChI is InChI=1S/C22H30N2O6S/c1-15(2)24-22(25)16(3)30-18-7-9-19(10-8-18)31(26,27)23-13-12-17-6-11-20(28-4)21(14-17)29-5/h6-11,14-16,23H,12-13H2,1-5H3,(H,24,25)/t16-/m0/s1. The molecule has 0 fully saturated rings. The number of methoxy groups -OCH3 is 2. The molecule has 0 aliphatic heterocycles. The average Bonchev–Trinajstić information content (AvgIpc) is 2.73. The van der Waals surface area contributed by atoms with E-state index < -0.39 is 16.1 Å². The molecule has 2 aromatic carbocycles. The monoisotopic (exact) mass is 450 g/mol. The quantitative estimate of drug-likeness (QED) is 0.545. The fraction of sp³-hybridized carbons (Fsp3) is 0.409. The SMILES string of the molecule is COc1ccc(CCNS(=O)(=O)c2ccc(O[C@@H](C)C(=O)NC(C)C)cc2)cc1OC. The predicted octanol–water partition coefficient (Wildman–Crippen LogP) is 2.52. The molecule has 0 radical (unpaired) electrons. The van der Waals surface area contributed by atoms with Gasteiger partial charge in [-0.25, -0.2) is 13.1 Å². The Morgan fingerprint density at radius 3 is 2.19 bits per heavy atom. The summed E-state index contributed by atoms with van der Waals surface area (Å²) in [5.41, 5.74) is 0.915. The Bertz CT molecular complexity index is 974. The first kappa shape index (κ1) is 24.5. The second kappa shape index (κ2) is 11.0. The van der Waals surface area contributed by atoms with Gasteiger partial charge in [-0.2, -0.15) is 0 Å². The van der Waals surface area contributed by atoms with Gasteiger partial charge < -0.3 is 19.5 Å². The molecule has 8 nitrogen and oxygen atoms in total. The van der Waals surface area contributed by atoms with Crippen molar-refractivity contribution in [1.29, 1.82) is 0 Å². The van der Waals surface area contributed by atoms with Crippen molar-refractivity contribution in [3.63, 3.8) is 0 Å². The molecule has 2 N–H and O–H groups in total. The van der Waals surface area contributed by atoms with Crippen LogP contribution < -0.4 is 24.2 Å². The maximum Gasteiger partial charge on any atom is 0.260 e. The van der Waals surface area contributed by atoms with Gasteiger partial charge in [0.15, 0.2) is 17.6 Å². The highest BCUT2D eigenvalue weighted by molar-refractivity contribution is 7.89. The summed E-state index contributed by atoms with van der Waals surface area (Å²) in [6.45, 7) is 5.59. The van der Waals surface area contributed by atoms with Gasteiger partial charge in [-0.3, -0.25) is 4.79 Å². The van der Waals surface area contributed by atoms with E-state index in [1.54, 1.807) is 27.2 Å². The zero-order chi connectivity index (χ0) is 23.0. The van der Waals surface area contributed by atoms with Gasteiger partial charge in [0.2, 0.25) is 10.0 Å². The lowest BCUT2D eigenvalue weighted by Gasteiger charge is -2.16. The topological polar surface area (TPSA) is 103 Å². The Kier molecular flexibility index (Phi) is 8.70. The van der Waals surface area contributed by atoms with Crippen LogP contribution in [0.15, 0.2) is 47.4 Å². The molecule has 1 atom stereocenters. The number of hydrogen-bond acceptors (Lipinski definition) is 6. The molecular weight excluding hydrogens is 420 g/mol. The highest BCUT2D eigenvalue weighted by Gasteiger charge is 2.17. The molecule has 9 heteroatoms. The zero-order valence-corrected chi connectivity index (χ0v) is 19.3. The normalized spacial score (nSPS) is 12.3. The summed E-state index contributed by atoms with van der Waals surface area (Å²) in [6.07, 6.45) is -0.201. The largest absolute Gasteiger partial charge is 0.493 e.